The maximum absolute atomic E-state index is 6.68. The van der Waals surface area contributed by atoms with Crippen molar-refractivity contribution >= 4 is 13.9 Å². The van der Waals surface area contributed by atoms with E-state index < -0.39 is 0 Å². The molecule has 0 fully saturated rings. The first-order valence-corrected chi connectivity index (χ1v) is 17.4. The molecule has 0 aliphatic carbocycles. The quantitative estimate of drug-likeness (QED) is 0.154. The van der Waals surface area contributed by atoms with Crippen molar-refractivity contribution in [1.29, 1.82) is 0 Å². The summed E-state index contributed by atoms with van der Waals surface area (Å²) in [5.41, 5.74) is 5.52. The molecule has 0 aliphatic heterocycles. The van der Waals surface area contributed by atoms with E-state index in [0.29, 0.717) is 14.5 Å². The van der Waals surface area contributed by atoms with Crippen molar-refractivity contribution in [3.8, 4) is 5.75 Å². The molecule has 2 aromatic rings. The molecule has 4 heteroatoms. The Hall–Kier alpha value is -1.41. The molecule has 2 aromatic carbocycles. The molecule has 1 N–H and O–H groups in total. The van der Waals surface area contributed by atoms with Crippen LogP contribution >= 0.6 is 8.58 Å². The monoisotopic (exact) mass is 597 g/mol. The van der Waals surface area contributed by atoms with Crippen LogP contribution in [0.3, 0.4) is 0 Å². The zero-order valence-corrected chi connectivity index (χ0v) is 30.5. The second-order valence-electron chi connectivity index (χ2n) is 15.3. The fourth-order valence-corrected chi connectivity index (χ4v) is 7.34. The Morgan fingerprint density at radius 3 is 2.05 bits per heavy atom. The van der Waals surface area contributed by atoms with Crippen LogP contribution in [0.2, 0.25) is 0 Å². The van der Waals surface area contributed by atoms with Crippen LogP contribution in [0, 0.1) is 5.92 Å². The van der Waals surface area contributed by atoms with E-state index in [1.807, 2.05) is 0 Å². The molecule has 0 aromatic heterocycles. The van der Waals surface area contributed by atoms with Gasteiger partial charge in [0.2, 0.25) is 0 Å². The van der Waals surface area contributed by atoms with Gasteiger partial charge in [0.05, 0.1) is 0 Å². The molecule has 2 rings (SSSR count). The van der Waals surface area contributed by atoms with Crippen LogP contribution in [-0.2, 0) is 27.3 Å². The van der Waals surface area contributed by atoms with Gasteiger partial charge in [-0.2, -0.15) is 0 Å². The van der Waals surface area contributed by atoms with Crippen molar-refractivity contribution in [3.63, 3.8) is 0 Å². The standard InChI is InChI=1S/C38H64NO2P/c1-14-16-20-28(3)37(10,11)31-24-30(35(4,5)6)25-32(34(31)41-27-40-13)38(12,23-17-15-2)42-33-22-19-18-21-29(33)26-39-36(7,8)9/h18-19,21-22,24-25,28,39,42H,14-17,20,23,26-27H2,1-13H3. The van der Waals surface area contributed by atoms with Gasteiger partial charge in [-0.05, 0) is 66.8 Å². The summed E-state index contributed by atoms with van der Waals surface area (Å²) >= 11 is 0. The second-order valence-corrected chi connectivity index (χ2v) is 17.2. The second kappa shape index (κ2) is 15.5. The molecule has 0 heterocycles. The van der Waals surface area contributed by atoms with Gasteiger partial charge >= 0.3 is 0 Å². The van der Waals surface area contributed by atoms with Crippen LogP contribution in [0.1, 0.15) is 144 Å². The number of nitrogens with one attached hydrogen (secondary N) is 1. The number of ether oxygens (including phenoxy) is 2. The van der Waals surface area contributed by atoms with Crippen LogP contribution in [0.25, 0.3) is 0 Å². The first-order valence-electron chi connectivity index (χ1n) is 16.4. The predicted octanol–water partition coefficient (Wildman–Crippen LogP) is 10.4. The van der Waals surface area contributed by atoms with E-state index in [2.05, 4.69) is 125 Å². The largest absolute Gasteiger partial charge is 0.467 e. The summed E-state index contributed by atoms with van der Waals surface area (Å²) in [6, 6.07) is 14.0. The average Bonchev–Trinajstić information content (AvgIpc) is 2.91. The number of hydrogen-bond acceptors (Lipinski definition) is 3. The van der Waals surface area contributed by atoms with Crippen LogP contribution in [-0.4, -0.2) is 19.4 Å². The number of rotatable bonds is 16. The Kier molecular flexibility index (Phi) is 13.6. The third kappa shape index (κ3) is 10.1. The normalized spacial score (nSPS) is 15.3. The minimum Gasteiger partial charge on any atom is -0.467 e. The highest BCUT2D eigenvalue weighted by atomic mass is 31.1. The van der Waals surface area contributed by atoms with Crippen molar-refractivity contribution < 1.29 is 9.47 Å². The number of hydrogen-bond donors (Lipinski definition) is 1. The number of methoxy groups -OCH3 is 1. The lowest BCUT2D eigenvalue weighted by Crippen LogP contribution is -2.36. The van der Waals surface area contributed by atoms with Crippen molar-refractivity contribution in [2.24, 2.45) is 5.92 Å². The first-order chi connectivity index (χ1) is 19.5. The zero-order chi connectivity index (χ0) is 31.8. The van der Waals surface area contributed by atoms with Crippen LogP contribution in [0.15, 0.2) is 36.4 Å². The molecule has 0 radical (unpaired) electrons. The zero-order valence-electron chi connectivity index (χ0n) is 29.5. The van der Waals surface area contributed by atoms with Gasteiger partial charge in [-0.1, -0.05) is 133 Å². The molecule has 3 unspecified atom stereocenters. The number of benzene rings is 2. The highest BCUT2D eigenvalue weighted by Gasteiger charge is 2.38. The molecule has 0 spiro atoms. The molecule has 0 amide bonds. The van der Waals surface area contributed by atoms with Gasteiger partial charge in [0.1, 0.15) is 5.75 Å². The Morgan fingerprint density at radius 1 is 0.857 bits per heavy atom. The minimum atomic E-state index is -0.0737. The van der Waals surface area contributed by atoms with E-state index in [1.54, 1.807) is 7.11 Å². The van der Waals surface area contributed by atoms with Crippen LogP contribution in [0.4, 0.5) is 0 Å². The number of unbranched alkanes of at least 4 members (excludes halogenated alkanes) is 2. The Labute approximate surface area is 262 Å². The maximum Gasteiger partial charge on any atom is 0.188 e. The van der Waals surface area contributed by atoms with E-state index in [9.17, 15) is 0 Å². The fraction of sp³-hybridized carbons (Fsp3) is 0.684. The molecule has 238 valence electrons. The maximum atomic E-state index is 6.68. The summed E-state index contributed by atoms with van der Waals surface area (Å²) in [6.07, 6.45) is 7.16. The fourth-order valence-electron chi connectivity index (χ4n) is 5.61. The molecule has 0 bridgehead atoms. The molecular formula is C38H64NO2P. The molecule has 3 nitrogen and oxygen atoms in total. The van der Waals surface area contributed by atoms with E-state index in [4.69, 9.17) is 9.47 Å². The van der Waals surface area contributed by atoms with E-state index in [1.165, 1.54) is 59.7 Å². The molecule has 0 saturated carbocycles. The van der Waals surface area contributed by atoms with E-state index in [0.717, 1.165) is 18.7 Å². The third-order valence-electron chi connectivity index (χ3n) is 9.05. The molecule has 3 atom stereocenters. The molecule has 0 aliphatic rings. The molecular weight excluding hydrogens is 533 g/mol. The topological polar surface area (TPSA) is 30.5 Å². The van der Waals surface area contributed by atoms with Gasteiger partial charge < -0.3 is 14.8 Å². The lowest BCUT2D eigenvalue weighted by Gasteiger charge is -2.40. The Morgan fingerprint density at radius 2 is 1.48 bits per heavy atom. The van der Waals surface area contributed by atoms with E-state index in [-0.39, 0.29) is 28.3 Å². The lowest BCUT2D eigenvalue weighted by atomic mass is 9.69. The van der Waals surface area contributed by atoms with Gasteiger partial charge in [0, 0.05) is 35.5 Å². The van der Waals surface area contributed by atoms with Crippen molar-refractivity contribution in [2.75, 3.05) is 13.9 Å². The van der Waals surface area contributed by atoms with Crippen molar-refractivity contribution in [2.45, 2.75) is 150 Å². The molecule has 0 saturated heterocycles. The average molecular weight is 598 g/mol. The minimum absolute atomic E-state index is 0.0232. The van der Waals surface area contributed by atoms with Crippen molar-refractivity contribution in [3.05, 3.63) is 58.7 Å². The highest BCUT2D eigenvalue weighted by molar-refractivity contribution is 7.48. The summed E-state index contributed by atoms with van der Waals surface area (Å²) in [6.45, 7) is 29.3. The predicted molar refractivity (Wildman–Crippen MR) is 187 cm³/mol. The van der Waals surface area contributed by atoms with E-state index >= 15 is 0 Å². The smallest absolute Gasteiger partial charge is 0.188 e. The highest BCUT2D eigenvalue weighted by Crippen LogP contribution is 2.53. The summed E-state index contributed by atoms with van der Waals surface area (Å²) in [5.74, 6) is 1.58. The van der Waals surface area contributed by atoms with Gasteiger partial charge in [0.15, 0.2) is 6.79 Å². The van der Waals surface area contributed by atoms with Crippen molar-refractivity contribution in [1.82, 2.24) is 5.32 Å². The summed E-state index contributed by atoms with van der Waals surface area (Å²) in [5, 5.41) is 5.11. The first kappa shape index (κ1) is 36.8. The Bertz CT molecular complexity index is 1110. The molecule has 42 heavy (non-hydrogen) atoms. The van der Waals surface area contributed by atoms with Gasteiger partial charge in [-0.15, -0.1) is 0 Å². The van der Waals surface area contributed by atoms with Crippen LogP contribution in [0.5, 0.6) is 5.75 Å². The van der Waals surface area contributed by atoms with Gasteiger partial charge in [0.25, 0.3) is 0 Å². The third-order valence-corrected chi connectivity index (χ3v) is 10.9. The summed E-state index contributed by atoms with van der Waals surface area (Å²) < 4.78 is 12.2. The SMILES string of the molecule is CCCCC(C)C(C)(C)c1cc(C(C)(C)C)cc(C(C)(CCCC)Pc2ccccc2CNC(C)(C)C)c1OCOC. The van der Waals surface area contributed by atoms with Gasteiger partial charge in [-0.3, -0.25) is 0 Å². The summed E-state index contributed by atoms with van der Waals surface area (Å²) in [7, 11) is 2.35. The Balaban J connectivity index is 2.86. The van der Waals surface area contributed by atoms with Gasteiger partial charge in [-0.25, -0.2) is 0 Å². The lowest BCUT2D eigenvalue weighted by molar-refractivity contribution is 0.0480. The summed E-state index contributed by atoms with van der Waals surface area (Å²) in [4.78, 5) is 0. The van der Waals surface area contributed by atoms with Crippen LogP contribution < -0.4 is 15.4 Å².